The van der Waals surface area contributed by atoms with Crippen LogP contribution in [0, 0.1) is 5.41 Å². The standard InChI is InChI=1S/C10H17NO3S/c1-10(3-4-10)8-6-15(13)5-7(11-8)9(12)14-2/h7-8,11H,3-6H2,1-2H3. The Morgan fingerprint density at radius 3 is 2.67 bits per heavy atom. The fourth-order valence-corrected chi connectivity index (χ4v) is 3.62. The maximum Gasteiger partial charge on any atom is 0.323 e. The molecule has 0 amide bonds. The van der Waals surface area contributed by atoms with Gasteiger partial charge in [-0.1, -0.05) is 6.92 Å². The fourth-order valence-electron chi connectivity index (χ4n) is 2.01. The summed E-state index contributed by atoms with van der Waals surface area (Å²) in [5.41, 5.74) is 0.252. The first-order valence-electron chi connectivity index (χ1n) is 5.24. The lowest BCUT2D eigenvalue weighted by molar-refractivity contribution is -0.142. The summed E-state index contributed by atoms with van der Waals surface area (Å²) >= 11 is 0. The van der Waals surface area contributed by atoms with Gasteiger partial charge >= 0.3 is 5.97 Å². The van der Waals surface area contributed by atoms with Gasteiger partial charge in [0.05, 0.1) is 7.11 Å². The molecule has 2 aliphatic rings. The van der Waals surface area contributed by atoms with E-state index in [1.807, 2.05) is 0 Å². The molecular formula is C10H17NO3S. The van der Waals surface area contributed by atoms with E-state index in [0.29, 0.717) is 11.5 Å². The van der Waals surface area contributed by atoms with Gasteiger partial charge in [-0.05, 0) is 18.3 Å². The Hall–Kier alpha value is -0.420. The minimum atomic E-state index is -0.892. The van der Waals surface area contributed by atoms with E-state index in [1.54, 1.807) is 0 Å². The Labute approximate surface area is 92.2 Å². The summed E-state index contributed by atoms with van der Waals surface area (Å²) in [7, 11) is 0.478. The first kappa shape index (κ1) is 11.1. The molecule has 0 aromatic carbocycles. The number of esters is 1. The molecule has 3 atom stereocenters. The molecule has 1 saturated carbocycles. The summed E-state index contributed by atoms with van der Waals surface area (Å²) in [5.74, 6) is 0.765. The second-order valence-corrected chi connectivity index (χ2v) is 6.27. The van der Waals surface area contributed by atoms with E-state index in [9.17, 15) is 9.00 Å². The Morgan fingerprint density at radius 1 is 1.47 bits per heavy atom. The number of carbonyl (C=O) groups is 1. The van der Waals surface area contributed by atoms with Crippen LogP contribution in [0.25, 0.3) is 0 Å². The van der Waals surface area contributed by atoms with E-state index in [2.05, 4.69) is 17.0 Å². The normalized spacial score (nSPS) is 38.4. The monoisotopic (exact) mass is 231 g/mol. The number of rotatable bonds is 2. The van der Waals surface area contributed by atoms with Crippen molar-refractivity contribution in [1.82, 2.24) is 5.32 Å². The molecule has 2 fully saturated rings. The van der Waals surface area contributed by atoms with E-state index in [-0.39, 0.29) is 23.5 Å². The number of carbonyl (C=O) groups excluding carboxylic acids is 1. The fraction of sp³-hybridized carbons (Fsp3) is 0.900. The van der Waals surface area contributed by atoms with E-state index in [4.69, 9.17) is 0 Å². The van der Waals surface area contributed by atoms with Crippen molar-refractivity contribution in [2.45, 2.75) is 31.8 Å². The minimum absolute atomic E-state index is 0.205. The number of nitrogens with one attached hydrogen (secondary N) is 1. The molecule has 1 aliphatic heterocycles. The molecule has 0 aromatic rings. The first-order chi connectivity index (χ1) is 7.05. The van der Waals surface area contributed by atoms with Gasteiger partial charge in [0.2, 0.25) is 0 Å². The molecule has 0 aromatic heterocycles. The van der Waals surface area contributed by atoms with Crippen molar-refractivity contribution in [2.24, 2.45) is 5.41 Å². The van der Waals surface area contributed by atoms with Crippen LogP contribution in [-0.2, 0) is 20.3 Å². The van der Waals surface area contributed by atoms with Crippen LogP contribution in [0.1, 0.15) is 19.8 Å². The summed E-state index contributed by atoms with van der Waals surface area (Å²) in [6.45, 7) is 2.18. The molecule has 3 unspecified atom stereocenters. The quantitative estimate of drug-likeness (QED) is 0.682. The molecule has 2 rings (SSSR count). The molecule has 0 spiro atoms. The third-order valence-electron chi connectivity index (χ3n) is 3.47. The van der Waals surface area contributed by atoms with Crippen molar-refractivity contribution >= 4 is 16.8 Å². The molecule has 4 nitrogen and oxygen atoms in total. The van der Waals surface area contributed by atoms with Gasteiger partial charge in [-0.25, -0.2) is 0 Å². The predicted molar refractivity (Wildman–Crippen MR) is 57.9 cm³/mol. The lowest BCUT2D eigenvalue weighted by atomic mass is 9.99. The number of ether oxygens (including phenoxy) is 1. The van der Waals surface area contributed by atoms with Gasteiger partial charge in [0.1, 0.15) is 6.04 Å². The molecular weight excluding hydrogens is 214 g/mol. The van der Waals surface area contributed by atoms with E-state index < -0.39 is 10.8 Å². The van der Waals surface area contributed by atoms with Crippen LogP contribution in [0.3, 0.4) is 0 Å². The zero-order valence-corrected chi connectivity index (χ0v) is 9.93. The molecule has 86 valence electrons. The lowest BCUT2D eigenvalue weighted by Gasteiger charge is -2.32. The summed E-state index contributed by atoms with van der Waals surface area (Å²) in [6.07, 6.45) is 2.32. The molecule has 0 bridgehead atoms. The van der Waals surface area contributed by atoms with Crippen molar-refractivity contribution in [1.29, 1.82) is 0 Å². The van der Waals surface area contributed by atoms with Crippen LogP contribution >= 0.6 is 0 Å². The Bertz CT molecular complexity index is 301. The number of hydrogen-bond donors (Lipinski definition) is 1. The zero-order chi connectivity index (χ0) is 11.1. The summed E-state index contributed by atoms with van der Waals surface area (Å²) in [4.78, 5) is 11.4. The topological polar surface area (TPSA) is 55.4 Å². The predicted octanol–water partition coefficient (Wildman–Crippen LogP) is 0.0486. The van der Waals surface area contributed by atoms with Gasteiger partial charge < -0.3 is 4.74 Å². The van der Waals surface area contributed by atoms with Crippen molar-refractivity contribution in [2.75, 3.05) is 18.6 Å². The summed E-state index contributed by atoms with van der Waals surface area (Å²) in [5, 5.41) is 3.27. The summed E-state index contributed by atoms with van der Waals surface area (Å²) in [6, 6.07) is -0.178. The third-order valence-corrected chi connectivity index (χ3v) is 4.88. The number of hydrogen-bond acceptors (Lipinski definition) is 4. The van der Waals surface area contributed by atoms with Crippen LogP contribution in [0.15, 0.2) is 0 Å². The third kappa shape index (κ3) is 2.23. The molecule has 1 N–H and O–H groups in total. The van der Waals surface area contributed by atoms with Gasteiger partial charge in [-0.3, -0.25) is 14.3 Å². The highest BCUT2D eigenvalue weighted by molar-refractivity contribution is 7.85. The number of methoxy groups -OCH3 is 1. The minimum Gasteiger partial charge on any atom is -0.468 e. The highest BCUT2D eigenvalue weighted by Gasteiger charge is 2.48. The second kappa shape index (κ2) is 3.87. The van der Waals surface area contributed by atoms with Crippen LogP contribution in [-0.4, -0.2) is 40.9 Å². The lowest BCUT2D eigenvalue weighted by Crippen LogP contribution is -2.56. The van der Waals surface area contributed by atoms with Crippen molar-refractivity contribution in [3.8, 4) is 0 Å². The average molecular weight is 231 g/mol. The first-order valence-corrected chi connectivity index (χ1v) is 6.73. The van der Waals surface area contributed by atoms with E-state index in [1.165, 1.54) is 7.11 Å². The Balaban J connectivity index is 2.04. The van der Waals surface area contributed by atoms with Gasteiger partial charge in [-0.2, -0.15) is 0 Å². The molecule has 5 heteroatoms. The van der Waals surface area contributed by atoms with Crippen LogP contribution in [0.5, 0.6) is 0 Å². The smallest absolute Gasteiger partial charge is 0.323 e. The molecule has 15 heavy (non-hydrogen) atoms. The molecule has 1 saturated heterocycles. The van der Waals surface area contributed by atoms with E-state index in [0.717, 1.165) is 12.8 Å². The Kier molecular flexibility index (Phi) is 2.85. The maximum absolute atomic E-state index is 11.6. The Morgan fingerprint density at radius 2 is 2.13 bits per heavy atom. The van der Waals surface area contributed by atoms with Gasteiger partial charge in [0.15, 0.2) is 0 Å². The van der Waals surface area contributed by atoms with Crippen LogP contribution < -0.4 is 5.32 Å². The van der Waals surface area contributed by atoms with Gasteiger partial charge in [-0.15, -0.1) is 0 Å². The largest absolute Gasteiger partial charge is 0.468 e. The highest BCUT2D eigenvalue weighted by Crippen LogP contribution is 2.48. The average Bonchev–Trinajstić information content (AvgIpc) is 2.96. The van der Waals surface area contributed by atoms with Crippen LogP contribution in [0.4, 0.5) is 0 Å². The van der Waals surface area contributed by atoms with Crippen molar-refractivity contribution in [3.05, 3.63) is 0 Å². The van der Waals surface area contributed by atoms with E-state index >= 15 is 0 Å². The molecule has 1 aliphatic carbocycles. The highest BCUT2D eigenvalue weighted by atomic mass is 32.2. The van der Waals surface area contributed by atoms with Crippen LogP contribution in [0.2, 0.25) is 0 Å². The SMILES string of the molecule is COC(=O)C1CS(=O)CC(C2(C)CC2)N1. The maximum atomic E-state index is 11.6. The van der Waals surface area contributed by atoms with Gasteiger partial charge in [0, 0.05) is 28.3 Å². The van der Waals surface area contributed by atoms with Crippen molar-refractivity contribution in [3.63, 3.8) is 0 Å². The molecule has 0 radical (unpaired) electrons. The van der Waals surface area contributed by atoms with Crippen molar-refractivity contribution < 1.29 is 13.7 Å². The zero-order valence-electron chi connectivity index (χ0n) is 9.12. The van der Waals surface area contributed by atoms with Gasteiger partial charge in [0.25, 0.3) is 0 Å². The summed E-state index contributed by atoms with van der Waals surface area (Å²) < 4.78 is 16.3. The molecule has 1 heterocycles. The second-order valence-electron chi connectivity index (χ2n) is 4.72.